The highest BCUT2D eigenvalue weighted by Crippen LogP contribution is 2.58. The molecule has 0 amide bonds. The van der Waals surface area contributed by atoms with Crippen LogP contribution in [0.3, 0.4) is 0 Å². The molecule has 1 nitrogen and oxygen atoms in total. The minimum absolute atomic E-state index is 0.0733. The van der Waals surface area contributed by atoms with Crippen LogP contribution in [-0.4, -0.2) is 0 Å². The van der Waals surface area contributed by atoms with Crippen LogP contribution in [0.2, 0.25) is 0 Å². The zero-order valence-electron chi connectivity index (χ0n) is 11.4. The normalized spacial score (nSPS) is 19.7. The Kier molecular flexibility index (Phi) is 2.68. The van der Waals surface area contributed by atoms with Gasteiger partial charge in [-0.15, -0.1) is 0 Å². The van der Waals surface area contributed by atoms with Crippen LogP contribution in [0.15, 0.2) is 48.5 Å². The molecule has 1 aliphatic carbocycles. The Bertz CT molecular complexity index is 583. The fourth-order valence-electron chi connectivity index (χ4n) is 2.93. The lowest BCUT2D eigenvalue weighted by atomic mass is 9.85. The number of nitriles is 1. The summed E-state index contributed by atoms with van der Waals surface area (Å²) in [5.74, 6) is 0.109. The van der Waals surface area contributed by atoms with Gasteiger partial charge in [0.25, 0.3) is 0 Å². The van der Waals surface area contributed by atoms with E-state index in [0.717, 1.165) is 6.42 Å². The molecule has 0 aromatic heterocycles. The summed E-state index contributed by atoms with van der Waals surface area (Å²) in [6.45, 7) is 4.19. The summed E-state index contributed by atoms with van der Waals surface area (Å²) in [5.41, 5.74) is 4.99. The lowest BCUT2D eigenvalue weighted by Gasteiger charge is -2.17. The summed E-state index contributed by atoms with van der Waals surface area (Å²) < 4.78 is 0. The van der Waals surface area contributed by atoms with Crippen LogP contribution in [0.1, 0.15) is 28.7 Å². The van der Waals surface area contributed by atoms with Crippen LogP contribution in [0.25, 0.3) is 0 Å². The molecular weight excluding hydrogens is 230 g/mol. The SMILES string of the molecule is Cc1ccc(C2(c3ccc(C)cc3)CC2C#N)cc1. The van der Waals surface area contributed by atoms with Crippen molar-refractivity contribution in [2.45, 2.75) is 25.7 Å². The average molecular weight is 247 g/mol. The molecule has 2 aromatic rings. The number of rotatable bonds is 2. The highest BCUT2D eigenvalue weighted by Gasteiger charge is 2.56. The molecule has 1 unspecified atom stereocenters. The highest BCUT2D eigenvalue weighted by molar-refractivity contribution is 5.50. The zero-order valence-corrected chi connectivity index (χ0v) is 11.4. The Hall–Kier alpha value is -2.07. The first-order valence-electron chi connectivity index (χ1n) is 6.71. The molecule has 2 aromatic carbocycles. The van der Waals surface area contributed by atoms with E-state index in [2.05, 4.69) is 68.4 Å². The second-order valence-corrected chi connectivity index (χ2v) is 5.59. The molecule has 0 aliphatic heterocycles. The van der Waals surface area contributed by atoms with Crippen molar-refractivity contribution in [3.8, 4) is 6.07 Å². The Morgan fingerprint density at radius 3 is 1.63 bits per heavy atom. The van der Waals surface area contributed by atoms with E-state index < -0.39 is 0 Å². The predicted molar refractivity (Wildman–Crippen MR) is 76.9 cm³/mol. The van der Waals surface area contributed by atoms with Gasteiger partial charge in [-0.3, -0.25) is 0 Å². The van der Waals surface area contributed by atoms with E-state index in [1.54, 1.807) is 0 Å². The van der Waals surface area contributed by atoms with Crippen LogP contribution in [0.5, 0.6) is 0 Å². The van der Waals surface area contributed by atoms with Gasteiger partial charge in [0.15, 0.2) is 0 Å². The first-order chi connectivity index (χ1) is 9.16. The molecule has 0 bridgehead atoms. The van der Waals surface area contributed by atoms with Gasteiger partial charge in [-0.05, 0) is 31.4 Å². The monoisotopic (exact) mass is 247 g/mol. The molecule has 1 atom stereocenters. The van der Waals surface area contributed by atoms with E-state index in [0.29, 0.717) is 0 Å². The molecule has 1 saturated carbocycles. The van der Waals surface area contributed by atoms with Gasteiger partial charge in [0, 0.05) is 5.41 Å². The fourth-order valence-corrected chi connectivity index (χ4v) is 2.93. The van der Waals surface area contributed by atoms with Gasteiger partial charge in [-0.2, -0.15) is 5.26 Å². The Morgan fingerprint density at radius 2 is 1.32 bits per heavy atom. The van der Waals surface area contributed by atoms with Gasteiger partial charge in [0.1, 0.15) is 0 Å². The Labute approximate surface area is 114 Å². The van der Waals surface area contributed by atoms with E-state index in [9.17, 15) is 5.26 Å². The molecule has 1 aliphatic rings. The number of aryl methyl sites for hydroxylation is 2. The van der Waals surface area contributed by atoms with E-state index in [1.165, 1.54) is 22.3 Å². The molecule has 1 heteroatoms. The number of hydrogen-bond acceptors (Lipinski definition) is 1. The van der Waals surface area contributed by atoms with Gasteiger partial charge in [0.2, 0.25) is 0 Å². The molecule has 3 rings (SSSR count). The van der Waals surface area contributed by atoms with Crippen molar-refractivity contribution < 1.29 is 0 Å². The average Bonchev–Trinajstić information content (AvgIpc) is 3.16. The van der Waals surface area contributed by atoms with Gasteiger partial charge in [0.05, 0.1) is 12.0 Å². The van der Waals surface area contributed by atoms with Gasteiger partial charge >= 0.3 is 0 Å². The summed E-state index contributed by atoms with van der Waals surface area (Å²) in [6.07, 6.45) is 0.940. The largest absolute Gasteiger partial charge is 0.198 e. The maximum Gasteiger partial charge on any atom is 0.0669 e. The first kappa shape index (κ1) is 12.0. The van der Waals surface area contributed by atoms with E-state index in [1.807, 2.05) is 0 Å². The quantitative estimate of drug-likeness (QED) is 0.782. The number of hydrogen-bond donors (Lipinski definition) is 0. The lowest BCUT2D eigenvalue weighted by Crippen LogP contribution is -2.11. The maximum atomic E-state index is 9.32. The predicted octanol–water partition coefficient (Wildman–Crippen LogP) is 4.13. The summed E-state index contributed by atoms with van der Waals surface area (Å²) in [7, 11) is 0. The summed E-state index contributed by atoms with van der Waals surface area (Å²) in [5, 5.41) is 9.32. The third kappa shape index (κ3) is 1.85. The smallest absolute Gasteiger partial charge is 0.0669 e. The molecule has 0 N–H and O–H groups in total. The van der Waals surface area contributed by atoms with E-state index in [4.69, 9.17) is 0 Å². The van der Waals surface area contributed by atoms with Crippen molar-refractivity contribution in [2.75, 3.05) is 0 Å². The second-order valence-electron chi connectivity index (χ2n) is 5.59. The summed E-state index contributed by atoms with van der Waals surface area (Å²) >= 11 is 0. The standard InChI is InChI=1S/C18H17N/c1-13-3-7-15(8-4-13)18(11-17(18)12-19)16-9-5-14(2)6-10-16/h3-10,17H,11H2,1-2H3. The molecule has 94 valence electrons. The maximum absolute atomic E-state index is 9.32. The molecular formula is C18H17N. The molecule has 0 radical (unpaired) electrons. The van der Waals surface area contributed by atoms with Crippen molar-refractivity contribution in [1.82, 2.24) is 0 Å². The molecule has 19 heavy (non-hydrogen) atoms. The Morgan fingerprint density at radius 1 is 0.895 bits per heavy atom. The van der Waals surface area contributed by atoms with Crippen molar-refractivity contribution in [1.29, 1.82) is 5.26 Å². The van der Waals surface area contributed by atoms with E-state index >= 15 is 0 Å². The number of nitrogens with zero attached hydrogens (tertiary/aromatic N) is 1. The van der Waals surface area contributed by atoms with Crippen LogP contribution in [0, 0.1) is 31.1 Å². The third-order valence-corrected chi connectivity index (χ3v) is 4.25. The van der Waals surface area contributed by atoms with Gasteiger partial charge in [-0.25, -0.2) is 0 Å². The third-order valence-electron chi connectivity index (χ3n) is 4.25. The second kappa shape index (κ2) is 4.24. The Balaban J connectivity index is 2.09. The molecule has 0 spiro atoms. The van der Waals surface area contributed by atoms with Crippen molar-refractivity contribution in [2.24, 2.45) is 5.92 Å². The van der Waals surface area contributed by atoms with Crippen LogP contribution < -0.4 is 0 Å². The minimum Gasteiger partial charge on any atom is -0.198 e. The van der Waals surface area contributed by atoms with Crippen molar-refractivity contribution in [3.63, 3.8) is 0 Å². The number of benzene rings is 2. The topological polar surface area (TPSA) is 23.8 Å². The van der Waals surface area contributed by atoms with Crippen molar-refractivity contribution in [3.05, 3.63) is 70.8 Å². The van der Waals surface area contributed by atoms with Crippen molar-refractivity contribution >= 4 is 0 Å². The van der Waals surface area contributed by atoms with Crippen LogP contribution in [0.4, 0.5) is 0 Å². The zero-order chi connectivity index (χ0) is 13.5. The minimum atomic E-state index is -0.0733. The fraction of sp³-hybridized carbons (Fsp3) is 0.278. The molecule has 0 heterocycles. The molecule has 1 fully saturated rings. The van der Waals surface area contributed by atoms with Gasteiger partial charge in [-0.1, -0.05) is 59.7 Å². The van der Waals surface area contributed by atoms with Crippen LogP contribution >= 0.6 is 0 Å². The molecule has 0 saturated heterocycles. The lowest BCUT2D eigenvalue weighted by molar-refractivity contribution is 0.795. The van der Waals surface area contributed by atoms with Crippen LogP contribution in [-0.2, 0) is 5.41 Å². The van der Waals surface area contributed by atoms with E-state index in [-0.39, 0.29) is 11.3 Å². The van der Waals surface area contributed by atoms with Gasteiger partial charge < -0.3 is 0 Å². The first-order valence-corrected chi connectivity index (χ1v) is 6.71. The highest BCUT2D eigenvalue weighted by atomic mass is 14.6. The summed E-state index contributed by atoms with van der Waals surface area (Å²) in [6, 6.07) is 19.7. The summed E-state index contributed by atoms with van der Waals surface area (Å²) in [4.78, 5) is 0.